The summed E-state index contributed by atoms with van der Waals surface area (Å²) in [5, 5.41) is 0. The average molecular weight is 168 g/mol. The highest BCUT2D eigenvalue weighted by Crippen LogP contribution is 2.30. The van der Waals surface area contributed by atoms with E-state index in [4.69, 9.17) is 11.5 Å². The van der Waals surface area contributed by atoms with Crippen molar-refractivity contribution in [1.82, 2.24) is 0 Å². The van der Waals surface area contributed by atoms with Crippen LogP contribution in [0, 0.1) is 0 Å². The molecular formula is C9H16N2O. The van der Waals surface area contributed by atoms with Gasteiger partial charge in [0.1, 0.15) is 0 Å². The Morgan fingerprint density at radius 3 is 2.42 bits per heavy atom. The lowest BCUT2D eigenvalue weighted by molar-refractivity contribution is -0.123. The van der Waals surface area contributed by atoms with Gasteiger partial charge in [-0.25, -0.2) is 0 Å². The molecule has 1 aliphatic carbocycles. The summed E-state index contributed by atoms with van der Waals surface area (Å²) in [6.07, 6.45) is 2.20. The minimum atomic E-state index is -0.788. The van der Waals surface area contributed by atoms with E-state index in [0.29, 0.717) is 12.8 Å². The second kappa shape index (κ2) is 2.90. The Bertz CT molecular complexity index is 245. The number of amides is 1. The fourth-order valence-electron chi connectivity index (χ4n) is 1.55. The normalized spacial score (nSPS) is 30.6. The van der Waals surface area contributed by atoms with Gasteiger partial charge in [0, 0.05) is 0 Å². The molecule has 1 atom stereocenters. The van der Waals surface area contributed by atoms with Crippen LogP contribution in [0.3, 0.4) is 0 Å². The third-order valence-corrected chi connectivity index (χ3v) is 2.75. The predicted octanol–water partition coefficient (Wildman–Crippen LogP) is 0.690. The summed E-state index contributed by atoms with van der Waals surface area (Å²) in [5.41, 5.74) is 12.8. The number of hydrogen-bond acceptors (Lipinski definition) is 2. The molecule has 0 heterocycles. The summed E-state index contributed by atoms with van der Waals surface area (Å²) in [6.45, 7) is 4.09. The van der Waals surface area contributed by atoms with Crippen LogP contribution < -0.4 is 11.5 Å². The maximum absolute atomic E-state index is 11.0. The Kier molecular flexibility index (Phi) is 2.24. The lowest BCUT2D eigenvalue weighted by Gasteiger charge is -2.31. The van der Waals surface area contributed by atoms with Crippen LogP contribution >= 0.6 is 0 Å². The molecule has 3 heteroatoms. The summed E-state index contributed by atoms with van der Waals surface area (Å²) in [5.74, 6) is -0.380. The van der Waals surface area contributed by atoms with Crippen LogP contribution in [0.25, 0.3) is 0 Å². The van der Waals surface area contributed by atoms with Gasteiger partial charge in [-0.15, -0.1) is 0 Å². The van der Waals surface area contributed by atoms with Crippen molar-refractivity contribution in [2.75, 3.05) is 0 Å². The zero-order chi connectivity index (χ0) is 9.35. The number of rotatable bonds is 1. The highest BCUT2D eigenvalue weighted by molar-refractivity contribution is 5.85. The van der Waals surface area contributed by atoms with Crippen LogP contribution in [-0.2, 0) is 4.79 Å². The van der Waals surface area contributed by atoms with Crippen LogP contribution in [-0.4, -0.2) is 11.4 Å². The largest absolute Gasteiger partial charge is 0.368 e. The number of nitrogens with two attached hydrogens (primary N) is 2. The summed E-state index contributed by atoms with van der Waals surface area (Å²) in [6, 6.07) is 0. The van der Waals surface area contributed by atoms with Crippen LogP contribution in [0.4, 0.5) is 0 Å². The third-order valence-electron chi connectivity index (χ3n) is 2.75. The standard InChI is InChI=1S/C9H16N2O/c1-6-3-4-9(11,8(10)12)5-7(6)2/h3-5,11H2,1-2H3,(H2,10,12). The zero-order valence-corrected chi connectivity index (χ0v) is 7.68. The van der Waals surface area contributed by atoms with Gasteiger partial charge in [-0.2, -0.15) is 0 Å². The molecule has 0 aliphatic heterocycles. The SMILES string of the molecule is CC1=C(C)CC(N)(C(N)=O)CC1. The molecule has 0 radical (unpaired) electrons. The molecule has 0 spiro atoms. The van der Waals surface area contributed by atoms with Gasteiger partial charge in [0.25, 0.3) is 0 Å². The van der Waals surface area contributed by atoms with E-state index < -0.39 is 5.54 Å². The van der Waals surface area contributed by atoms with Crippen molar-refractivity contribution < 1.29 is 4.79 Å². The van der Waals surface area contributed by atoms with Gasteiger partial charge in [0.2, 0.25) is 5.91 Å². The second-order valence-electron chi connectivity index (χ2n) is 3.76. The molecule has 1 unspecified atom stereocenters. The van der Waals surface area contributed by atoms with E-state index >= 15 is 0 Å². The third kappa shape index (κ3) is 1.50. The number of carbonyl (C=O) groups excluding carboxylic acids is 1. The monoisotopic (exact) mass is 168 g/mol. The van der Waals surface area contributed by atoms with E-state index in [1.807, 2.05) is 6.92 Å². The first-order valence-electron chi connectivity index (χ1n) is 4.20. The molecule has 0 fully saturated rings. The molecule has 1 aliphatic rings. The first kappa shape index (κ1) is 9.26. The number of carbonyl (C=O) groups is 1. The van der Waals surface area contributed by atoms with E-state index in [1.165, 1.54) is 11.1 Å². The van der Waals surface area contributed by atoms with Crippen molar-refractivity contribution in [2.24, 2.45) is 11.5 Å². The van der Waals surface area contributed by atoms with Crippen LogP contribution in [0.15, 0.2) is 11.1 Å². The maximum Gasteiger partial charge on any atom is 0.237 e. The summed E-state index contributed by atoms with van der Waals surface area (Å²) < 4.78 is 0. The highest BCUT2D eigenvalue weighted by Gasteiger charge is 2.34. The summed E-state index contributed by atoms with van der Waals surface area (Å²) in [7, 11) is 0. The van der Waals surface area contributed by atoms with Gasteiger partial charge in [-0.05, 0) is 33.1 Å². The van der Waals surface area contributed by atoms with E-state index in [2.05, 4.69) is 6.92 Å². The number of hydrogen-bond donors (Lipinski definition) is 2. The van der Waals surface area contributed by atoms with Gasteiger partial charge >= 0.3 is 0 Å². The Hall–Kier alpha value is -0.830. The van der Waals surface area contributed by atoms with Gasteiger partial charge in [-0.3, -0.25) is 4.79 Å². The van der Waals surface area contributed by atoms with Gasteiger partial charge < -0.3 is 11.5 Å². The molecule has 12 heavy (non-hydrogen) atoms. The van der Waals surface area contributed by atoms with E-state index in [9.17, 15) is 4.79 Å². The second-order valence-corrected chi connectivity index (χ2v) is 3.76. The fraction of sp³-hybridized carbons (Fsp3) is 0.667. The first-order valence-corrected chi connectivity index (χ1v) is 4.20. The molecule has 0 bridgehead atoms. The number of allylic oxidation sites excluding steroid dienone is 1. The van der Waals surface area contributed by atoms with E-state index in [-0.39, 0.29) is 5.91 Å². The van der Waals surface area contributed by atoms with Gasteiger partial charge in [0.05, 0.1) is 5.54 Å². The van der Waals surface area contributed by atoms with Crippen LogP contribution in [0.1, 0.15) is 33.1 Å². The van der Waals surface area contributed by atoms with Crippen molar-refractivity contribution in [3.63, 3.8) is 0 Å². The molecular weight excluding hydrogens is 152 g/mol. The van der Waals surface area contributed by atoms with Crippen molar-refractivity contribution in [1.29, 1.82) is 0 Å². The molecule has 1 rings (SSSR count). The first-order chi connectivity index (χ1) is 5.46. The Balaban J connectivity index is 2.84. The Labute approximate surface area is 72.8 Å². The fourth-order valence-corrected chi connectivity index (χ4v) is 1.55. The average Bonchev–Trinajstić information content (AvgIpc) is 1.97. The topological polar surface area (TPSA) is 69.1 Å². The zero-order valence-electron chi connectivity index (χ0n) is 7.68. The quantitative estimate of drug-likeness (QED) is 0.565. The molecule has 0 aromatic rings. The van der Waals surface area contributed by atoms with Crippen molar-refractivity contribution >= 4 is 5.91 Å². The van der Waals surface area contributed by atoms with E-state index in [1.54, 1.807) is 0 Å². The Morgan fingerprint density at radius 1 is 1.42 bits per heavy atom. The minimum absolute atomic E-state index is 0.380. The molecule has 0 aromatic carbocycles. The molecule has 0 saturated heterocycles. The molecule has 0 aromatic heterocycles. The number of primary amides is 1. The van der Waals surface area contributed by atoms with Crippen molar-refractivity contribution in [3.05, 3.63) is 11.1 Å². The highest BCUT2D eigenvalue weighted by atomic mass is 16.1. The molecule has 4 N–H and O–H groups in total. The van der Waals surface area contributed by atoms with Gasteiger partial charge in [0.15, 0.2) is 0 Å². The molecule has 0 saturated carbocycles. The van der Waals surface area contributed by atoms with Crippen molar-refractivity contribution in [2.45, 2.75) is 38.6 Å². The van der Waals surface area contributed by atoms with E-state index in [0.717, 1.165) is 6.42 Å². The summed E-state index contributed by atoms with van der Waals surface area (Å²) >= 11 is 0. The van der Waals surface area contributed by atoms with Crippen LogP contribution in [0.2, 0.25) is 0 Å². The van der Waals surface area contributed by atoms with Gasteiger partial charge in [-0.1, -0.05) is 11.1 Å². The lowest BCUT2D eigenvalue weighted by atomic mass is 9.79. The minimum Gasteiger partial charge on any atom is -0.368 e. The lowest BCUT2D eigenvalue weighted by Crippen LogP contribution is -2.53. The Morgan fingerprint density at radius 2 is 2.00 bits per heavy atom. The predicted molar refractivity (Wildman–Crippen MR) is 48.3 cm³/mol. The van der Waals surface area contributed by atoms with Crippen molar-refractivity contribution in [3.8, 4) is 0 Å². The molecule has 3 nitrogen and oxygen atoms in total. The summed E-state index contributed by atoms with van der Waals surface area (Å²) in [4.78, 5) is 11.0. The smallest absolute Gasteiger partial charge is 0.237 e. The maximum atomic E-state index is 11.0. The molecule has 68 valence electrons. The molecule has 1 amide bonds. The van der Waals surface area contributed by atoms with Crippen LogP contribution in [0.5, 0.6) is 0 Å².